The zero-order valence-electron chi connectivity index (χ0n) is 15.4. The highest BCUT2D eigenvalue weighted by Crippen LogP contribution is 2.24. The number of sulfonamides is 1. The molecule has 1 aliphatic heterocycles. The number of aromatic nitrogens is 3. The highest BCUT2D eigenvalue weighted by molar-refractivity contribution is 7.99. The van der Waals surface area contributed by atoms with Crippen LogP contribution in [0.2, 0.25) is 0 Å². The first kappa shape index (κ1) is 20.7. The summed E-state index contributed by atoms with van der Waals surface area (Å²) >= 11 is 1.45. The Labute approximate surface area is 167 Å². The molecule has 3 rings (SSSR count). The Morgan fingerprint density at radius 1 is 1.32 bits per heavy atom. The van der Waals surface area contributed by atoms with Crippen LogP contribution in [0.4, 0.5) is 4.39 Å². The molecule has 152 valence electrons. The van der Waals surface area contributed by atoms with E-state index in [4.69, 9.17) is 0 Å². The third-order valence-corrected chi connectivity index (χ3v) is 7.25. The molecule has 1 amide bonds. The molecule has 0 spiro atoms. The molecule has 0 aliphatic carbocycles. The van der Waals surface area contributed by atoms with Gasteiger partial charge in [0.05, 0.1) is 4.90 Å². The molecule has 2 N–H and O–H groups in total. The lowest BCUT2D eigenvalue weighted by Crippen LogP contribution is -2.43. The van der Waals surface area contributed by atoms with Gasteiger partial charge in [-0.05, 0) is 44.0 Å². The van der Waals surface area contributed by atoms with Crippen molar-refractivity contribution in [3.8, 4) is 0 Å². The lowest BCUT2D eigenvalue weighted by molar-refractivity contribution is -0.125. The zero-order valence-corrected chi connectivity index (χ0v) is 17.0. The van der Waals surface area contributed by atoms with Gasteiger partial charge in [-0.15, -0.1) is 5.10 Å². The van der Waals surface area contributed by atoms with E-state index in [1.807, 2.05) is 6.92 Å². The number of aromatic amines is 1. The molecule has 0 bridgehead atoms. The van der Waals surface area contributed by atoms with Gasteiger partial charge in [0.25, 0.3) is 0 Å². The molecule has 1 saturated heterocycles. The topological polar surface area (TPSA) is 108 Å². The van der Waals surface area contributed by atoms with Crippen LogP contribution >= 0.6 is 11.8 Å². The number of halogens is 1. The van der Waals surface area contributed by atoms with Crippen molar-refractivity contribution in [3.63, 3.8) is 0 Å². The van der Waals surface area contributed by atoms with Crippen LogP contribution in [0.5, 0.6) is 0 Å². The van der Waals surface area contributed by atoms with Crippen molar-refractivity contribution in [2.45, 2.75) is 29.8 Å². The Bertz CT molecular complexity index is 909. The summed E-state index contributed by atoms with van der Waals surface area (Å²) in [7, 11) is -3.66. The van der Waals surface area contributed by atoms with Crippen LogP contribution in [0.25, 0.3) is 0 Å². The van der Waals surface area contributed by atoms with Crippen LogP contribution in [-0.2, 0) is 14.8 Å². The van der Waals surface area contributed by atoms with Gasteiger partial charge < -0.3 is 5.32 Å². The molecule has 0 radical (unpaired) electrons. The molecule has 28 heavy (non-hydrogen) atoms. The van der Waals surface area contributed by atoms with Crippen LogP contribution in [0.1, 0.15) is 18.7 Å². The summed E-state index contributed by atoms with van der Waals surface area (Å²) in [6.45, 7) is 2.85. The molecule has 1 aromatic heterocycles. The van der Waals surface area contributed by atoms with Gasteiger partial charge in [0.15, 0.2) is 0 Å². The molecular formula is C17H22FN5O3S2. The zero-order chi connectivity index (χ0) is 20.1. The number of H-pyrrole nitrogens is 1. The van der Waals surface area contributed by atoms with E-state index in [1.165, 1.54) is 28.2 Å². The number of hydrogen-bond donors (Lipinski definition) is 2. The highest BCUT2D eigenvalue weighted by Gasteiger charge is 2.31. The third kappa shape index (κ3) is 5.09. The summed E-state index contributed by atoms with van der Waals surface area (Å²) in [6.07, 6.45) is 0.916. The second-order valence-electron chi connectivity index (χ2n) is 6.48. The predicted octanol–water partition coefficient (Wildman–Crippen LogP) is 1.56. The van der Waals surface area contributed by atoms with E-state index < -0.39 is 15.8 Å². The molecule has 1 aliphatic rings. The first-order valence-electron chi connectivity index (χ1n) is 8.91. The molecule has 0 atom stereocenters. The minimum absolute atomic E-state index is 0.0643. The average molecular weight is 428 g/mol. The summed E-state index contributed by atoms with van der Waals surface area (Å²) in [4.78, 5) is 16.6. The van der Waals surface area contributed by atoms with E-state index in [2.05, 4.69) is 20.5 Å². The predicted molar refractivity (Wildman–Crippen MR) is 103 cm³/mol. The minimum Gasteiger partial charge on any atom is -0.355 e. The largest absolute Gasteiger partial charge is 0.355 e. The fourth-order valence-corrected chi connectivity index (χ4v) is 5.13. The number of carbonyl (C=O) groups is 1. The molecule has 11 heteroatoms. The SMILES string of the molecule is Cc1nc(SCCNC(=O)C2CCN(S(=O)(=O)c3ccc(F)cc3)CC2)n[nH]1. The summed E-state index contributed by atoms with van der Waals surface area (Å²) in [6, 6.07) is 4.78. The third-order valence-electron chi connectivity index (χ3n) is 4.49. The molecule has 2 aromatic rings. The number of carbonyl (C=O) groups excluding carboxylic acids is 1. The van der Waals surface area contributed by atoms with Gasteiger partial charge in [0.1, 0.15) is 11.6 Å². The van der Waals surface area contributed by atoms with Crippen molar-refractivity contribution in [3.05, 3.63) is 35.9 Å². The molecule has 0 saturated carbocycles. The van der Waals surface area contributed by atoms with E-state index in [-0.39, 0.29) is 29.8 Å². The Hall–Kier alpha value is -1.98. The number of benzene rings is 1. The molecule has 0 unspecified atom stereocenters. The maximum absolute atomic E-state index is 13.0. The van der Waals surface area contributed by atoms with E-state index in [9.17, 15) is 17.6 Å². The van der Waals surface area contributed by atoms with Crippen LogP contribution in [0.3, 0.4) is 0 Å². The fraction of sp³-hybridized carbons (Fsp3) is 0.471. The van der Waals surface area contributed by atoms with E-state index in [0.717, 1.165) is 18.0 Å². The van der Waals surface area contributed by atoms with Gasteiger partial charge >= 0.3 is 0 Å². The summed E-state index contributed by atoms with van der Waals surface area (Å²) < 4.78 is 39.6. The number of amides is 1. The van der Waals surface area contributed by atoms with Gasteiger partial charge in [0.2, 0.25) is 21.1 Å². The van der Waals surface area contributed by atoms with Crippen LogP contribution in [0, 0.1) is 18.7 Å². The number of nitrogens with one attached hydrogen (secondary N) is 2. The maximum Gasteiger partial charge on any atom is 0.243 e. The second kappa shape index (κ2) is 9.01. The minimum atomic E-state index is -3.66. The van der Waals surface area contributed by atoms with Gasteiger partial charge in [-0.25, -0.2) is 17.8 Å². The monoisotopic (exact) mass is 427 g/mol. The number of thioether (sulfide) groups is 1. The Morgan fingerprint density at radius 3 is 2.61 bits per heavy atom. The Morgan fingerprint density at radius 2 is 2.00 bits per heavy atom. The Kier molecular flexibility index (Phi) is 6.68. The maximum atomic E-state index is 13.0. The van der Waals surface area contributed by atoms with E-state index >= 15 is 0 Å². The first-order chi connectivity index (χ1) is 13.4. The molecule has 1 aromatic carbocycles. The van der Waals surface area contributed by atoms with Gasteiger partial charge in [-0.3, -0.25) is 9.89 Å². The molecule has 1 fully saturated rings. The number of aryl methyl sites for hydroxylation is 1. The van der Waals surface area contributed by atoms with Crippen LogP contribution in [0.15, 0.2) is 34.3 Å². The van der Waals surface area contributed by atoms with Crippen molar-refractivity contribution >= 4 is 27.7 Å². The van der Waals surface area contributed by atoms with E-state index in [0.29, 0.717) is 30.3 Å². The molecule has 8 nitrogen and oxygen atoms in total. The second-order valence-corrected chi connectivity index (χ2v) is 9.48. The van der Waals surface area contributed by atoms with Crippen LogP contribution < -0.4 is 5.32 Å². The van der Waals surface area contributed by atoms with Crippen molar-refractivity contribution < 1.29 is 17.6 Å². The Balaban J connectivity index is 1.44. The summed E-state index contributed by atoms with van der Waals surface area (Å²) in [5.41, 5.74) is 0. The smallest absolute Gasteiger partial charge is 0.243 e. The first-order valence-corrected chi connectivity index (χ1v) is 11.3. The summed E-state index contributed by atoms with van der Waals surface area (Å²) in [5, 5.41) is 10.3. The van der Waals surface area contributed by atoms with Crippen LogP contribution in [-0.4, -0.2) is 59.2 Å². The van der Waals surface area contributed by atoms with Crippen molar-refractivity contribution in [1.29, 1.82) is 0 Å². The number of rotatable bonds is 7. The van der Waals surface area contributed by atoms with Crippen molar-refractivity contribution in [1.82, 2.24) is 24.8 Å². The lowest BCUT2D eigenvalue weighted by atomic mass is 9.97. The number of piperidine rings is 1. The van der Waals surface area contributed by atoms with E-state index in [1.54, 1.807) is 0 Å². The quantitative estimate of drug-likeness (QED) is 0.513. The summed E-state index contributed by atoms with van der Waals surface area (Å²) in [5.74, 6) is 0.640. The van der Waals surface area contributed by atoms with Gasteiger partial charge in [-0.2, -0.15) is 4.31 Å². The lowest BCUT2D eigenvalue weighted by Gasteiger charge is -2.30. The number of nitrogens with zero attached hydrogens (tertiary/aromatic N) is 3. The normalized spacial score (nSPS) is 16.2. The average Bonchev–Trinajstić information content (AvgIpc) is 3.10. The number of hydrogen-bond acceptors (Lipinski definition) is 6. The van der Waals surface area contributed by atoms with Gasteiger partial charge in [-0.1, -0.05) is 11.8 Å². The molecular weight excluding hydrogens is 405 g/mol. The standard InChI is InChI=1S/C17H22FN5O3S2/c1-12-20-17(22-21-12)27-11-8-19-16(24)13-6-9-23(10-7-13)28(25,26)15-4-2-14(18)3-5-15/h2-5,13H,6-11H2,1H3,(H,19,24)(H,20,21,22). The molecule has 2 heterocycles. The fourth-order valence-electron chi connectivity index (χ4n) is 2.96. The van der Waals surface area contributed by atoms with Gasteiger partial charge in [0, 0.05) is 31.3 Å². The highest BCUT2D eigenvalue weighted by atomic mass is 32.2. The van der Waals surface area contributed by atoms with Crippen molar-refractivity contribution in [2.75, 3.05) is 25.4 Å². The van der Waals surface area contributed by atoms with Crippen molar-refractivity contribution in [2.24, 2.45) is 5.92 Å².